The van der Waals surface area contributed by atoms with Crippen molar-refractivity contribution in [3.8, 4) is 0 Å². The first-order valence-corrected chi connectivity index (χ1v) is 3.94. The Morgan fingerprint density at radius 2 is 2.00 bits per heavy atom. The summed E-state index contributed by atoms with van der Waals surface area (Å²) in [4.78, 5) is 7.87. The van der Waals surface area contributed by atoms with E-state index < -0.39 is 0 Å². The predicted molar refractivity (Wildman–Crippen MR) is 50.6 cm³/mol. The van der Waals surface area contributed by atoms with Crippen LogP contribution in [0.3, 0.4) is 0 Å². The van der Waals surface area contributed by atoms with Gasteiger partial charge in [0, 0.05) is 11.9 Å². The maximum atomic E-state index is 4.04. The van der Waals surface area contributed by atoms with E-state index in [4.69, 9.17) is 0 Å². The van der Waals surface area contributed by atoms with Gasteiger partial charge in [0.1, 0.15) is 12.1 Å². The molecular weight excluding hydrogens is 162 g/mol. The Hall–Kier alpha value is -1.90. The van der Waals surface area contributed by atoms with Crippen molar-refractivity contribution in [1.29, 1.82) is 0 Å². The van der Waals surface area contributed by atoms with Crippen LogP contribution in [0.2, 0.25) is 0 Å². The summed E-state index contributed by atoms with van der Waals surface area (Å²) >= 11 is 0. The number of rotatable bonds is 2. The average molecular weight is 170 g/mol. The Kier molecular flexibility index (Phi) is 2.18. The van der Waals surface area contributed by atoms with Gasteiger partial charge in [0.25, 0.3) is 0 Å². The third-order valence-electron chi connectivity index (χ3n) is 1.57. The first-order chi connectivity index (χ1) is 6.45. The van der Waals surface area contributed by atoms with E-state index in [1.165, 1.54) is 6.33 Å². The van der Waals surface area contributed by atoms with Crippen LogP contribution in [0.25, 0.3) is 0 Å². The maximum Gasteiger partial charge on any atom is 0.133 e. The van der Waals surface area contributed by atoms with Crippen LogP contribution in [-0.2, 0) is 0 Å². The van der Waals surface area contributed by atoms with Crippen molar-refractivity contribution < 1.29 is 0 Å². The van der Waals surface area contributed by atoms with Crippen molar-refractivity contribution >= 4 is 11.5 Å². The Morgan fingerprint density at radius 3 is 2.69 bits per heavy atom. The Balaban J connectivity index is 2.16. The number of benzene rings is 1. The van der Waals surface area contributed by atoms with Crippen molar-refractivity contribution in [1.82, 2.24) is 9.97 Å². The normalized spacial score (nSPS) is 9.54. The molecule has 0 bridgehead atoms. The molecule has 13 heavy (non-hydrogen) atoms. The molecule has 2 aromatic rings. The van der Waals surface area contributed by atoms with Gasteiger partial charge >= 0.3 is 0 Å². The van der Waals surface area contributed by atoms with Crippen LogP contribution in [0.1, 0.15) is 0 Å². The van der Waals surface area contributed by atoms with Crippen LogP contribution in [0, 0.1) is 6.07 Å². The van der Waals surface area contributed by atoms with E-state index in [-0.39, 0.29) is 0 Å². The largest absolute Gasteiger partial charge is 0.340 e. The molecule has 1 aromatic heterocycles. The van der Waals surface area contributed by atoms with Crippen molar-refractivity contribution in [2.24, 2.45) is 0 Å². The summed E-state index contributed by atoms with van der Waals surface area (Å²) in [5, 5.41) is 3.13. The molecule has 0 spiro atoms. The molecule has 63 valence electrons. The quantitative estimate of drug-likeness (QED) is 0.749. The zero-order chi connectivity index (χ0) is 8.93. The molecule has 1 N–H and O–H groups in total. The topological polar surface area (TPSA) is 37.8 Å². The van der Waals surface area contributed by atoms with Crippen LogP contribution in [0.5, 0.6) is 0 Å². The van der Waals surface area contributed by atoms with Gasteiger partial charge < -0.3 is 5.32 Å². The van der Waals surface area contributed by atoms with Crippen LogP contribution >= 0.6 is 0 Å². The van der Waals surface area contributed by atoms with Gasteiger partial charge in [-0.25, -0.2) is 9.97 Å². The summed E-state index contributed by atoms with van der Waals surface area (Å²) in [7, 11) is 0. The summed E-state index contributed by atoms with van der Waals surface area (Å²) in [5.41, 5.74) is 0.998. The molecule has 1 heterocycles. The number of hydrogen-bond acceptors (Lipinski definition) is 3. The first kappa shape index (κ1) is 7.73. The standard InChI is InChI=1S/C10H8N3/c1-2-4-9(5-3-1)13-10-6-7-11-8-12-10/h2-8H,(H,11,12,13). The molecule has 0 aliphatic carbocycles. The Morgan fingerprint density at radius 1 is 1.15 bits per heavy atom. The highest BCUT2D eigenvalue weighted by Gasteiger charge is 1.91. The lowest BCUT2D eigenvalue weighted by Gasteiger charge is -2.02. The zero-order valence-electron chi connectivity index (χ0n) is 6.94. The highest BCUT2D eigenvalue weighted by molar-refractivity contribution is 5.54. The molecule has 1 radical (unpaired) electrons. The van der Waals surface area contributed by atoms with E-state index in [0.717, 1.165) is 11.5 Å². The fourth-order valence-corrected chi connectivity index (χ4v) is 0.983. The van der Waals surface area contributed by atoms with Crippen molar-refractivity contribution in [2.45, 2.75) is 0 Å². The van der Waals surface area contributed by atoms with Gasteiger partial charge in [-0.2, -0.15) is 0 Å². The molecule has 1 aromatic carbocycles. The Bertz CT molecular complexity index is 321. The van der Waals surface area contributed by atoms with E-state index in [1.54, 1.807) is 6.20 Å². The molecule has 3 heteroatoms. The predicted octanol–water partition coefficient (Wildman–Crippen LogP) is 2.02. The smallest absolute Gasteiger partial charge is 0.133 e. The van der Waals surface area contributed by atoms with Crippen molar-refractivity contribution in [3.63, 3.8) is 0 Å². The number of nitrogens with zero attached hydrogens (tertiary/aromatic N) is 2. The molecule has 0 unspecified atom stereocenters. The molecule has 0 amide bonds. The summed E-state index contributed by atoms with van der Waals surface area (Å²) < 4.78 is 0. The SMILES string of the molecule is [c]1ccc(Nc2ccncn2)cc1. The molecule has 0 saturated carbocycles. The third-order valence-corrected chi connectivity index (χ3v) is 1.57. The monoisotopic (exact) mass is 170 g/mol. The van der Waals surface area contributed by atoms with Gasteiger partial charge in [0.2, 0.25) is 0 Å². The van der Waals surface area contributed by atoms with Crippen LogP contribution in [-0.4, -0.2) is 9.97 Å². The van der Waals surface area contributed by atoms with E-state index in [2.05, 4.69) is 21.4 Å². The minimum atomic E-state index is 0.793. The van der Waals surface area contributed by atoms with E-state index in [1.807, 2.05) is 30.3 Å². The molecule has 0 aliphatic rings. The number of aromatic nitrogens is 2. The fraction of sp³-hybridized carbons (Fsp3) is 0. The number of anilines is 2. The second-order valence-corrected chi connectivity index (χ2v) is 2.51. The second-order valence-electron chi connectivity index (χ2n) is 2.51. The lowest BCUT2D eigenvalue weighted by molar-refractivity contribution is 1.17. The van der Waals surface area contributed by atoms with E-state index in [0.29, 0.717) is 0 Å². The zero-order valence-corrected chi connectivity index (χ0v) is 6.94. The summed E-state index contributed by atoms with van der Waals surface area (Å²) in [5.74, 6) is 0.793. The van der Waals surface area contributed by atoms with Gasteiger partial charge in [0.05, 0.1) is 0 Å². The average Bonchev–Trinajstić information content (AvgIpc) is 2.21. The third kappa shape index (κ3) is 2.02. The molecule has 0 aliphatic heterocycles. The molecule has 0 saturated heterocycles. The maximum absolute atomic E-state index is 4.04. The summed E-state index contributed by atoms with van der Waals surface area (Å²) in [6.45, 7) is 0. The van der Waals surface area contributed by atoms with Crippen LogP contribution in [0.4, 0.5) is 11.5 Å². The second kappa shape index (κ2) is 3.67. The lowest BCUT2D eigenvalue weighted by atomic mass is 10.3. The number of hydrogen-bond donors (Lipinski definition) is 1. The van der Waals surface area contributed by atoms with E-state index in [9.17, 15) is 0 Å². The van der Waals surface area contributed by atoms with Gasteiger partial charge in [-0.1, -0.05) is 12.1 Å². The molecular formula is C10H8N3. The molecule has 2 rings (SSSR count). The van der Waals surface area contributed by atoms with Crippen LogP contribution in [0.15, 0.2) is 42.9 Å². The van der Waals surface area contributed by atoms with Crippen molar-refractivity contribution in [2.75, 3.05) is 5.32 Å². The molecule has 3 nitrogen and oxygen atoms in total. The minimum Gasteiger partial charge on any atom is -0.340 e. The first-order valence-electron chi connectivity index (χ1n) is 3.94. The van der Waals surface area contributed by atoms with Gasteiger partial charge in [-0.05, 0) is 24.3 Å². The highest BCUT2D eigenvalue weighted by atomic mass is 15.0. The Labute approximate surface area is 76.5 Å². The van der Waals surface area contributed by atoms with E-state index >= 15 is 0 Å². The minimum absolute atomic E-state index is 0.793. The highest BCUT2D eigenvalue weighted by Crippen LogP contribution is 2.11. The van der Waals surface area contributed by atoms with Gasteiger partial charge in [-0.3, -0.25) is 0 Å². The van der Waals surface area contributed by atoms with Crippen LogP contribution < -0.4 is 5.32 Å². The van der Waals surface area contributed by atoms with Gasteiger partial charge in [0.15, 0.2) is 0 Å². The number of nitrogens with one attached hydrogen (secondary N) is 1. The van der Waals surface area contributed by atoms with Crippen molar-refractivity contribution in [3.05, 3.63) is 48.9 Å². The fourth-order valence-electron chi connectivity index (χ4n) is 0.983. The lowest BCUT2D eigenvalue weighted by Crippen LogP contribution is -1.92. The summed E-state index contributed by atoms with van der Waals surface area (Å²) in [6, 6.07) is 12.3. The summed E-state index contributed by atoms with van der Waals surface area (Å²) in [6.07, 6.45) is 3.21. The molecule has 0 fully saturated rings. The van der Waals surface area contributed by atoms with Gasteiger partial charge in [-0.15, -0.1) is 0 Å². The molecule has 0 atom stereocenters.